The lowest BCUT2D eigenvalue weighted by molar-refractivity contribution is -0.123. The Labute approximate surface area is 147 Å². The topological polar surface area (TPSA) is 94.3 Å². The number of aromatic nitrogens is 2. The number of amides is 1. The Morgan fingerprint density at radius 3 is 2.72 bits per heavy atom. The normalized spacial score (nSPS) is 11.8. The SMILES string of the molecule is Cc1cc(C(=O)OC(C)C(=O)Nc2nc(-c3ccccc3)cs2)on1. The van der Waals surface area contributed by atoms with Crippen molar-refractivity contribution >= 4 is 28.3 Å². The van der Waals surface area contributed by atoms with Crippen LogP contribution < -0.4 is 5.32 Å². The Hall–Kier alpha value is -3.00. The van der Waals surface area contributed by atoms with E-state index in [0.717, 1.165) is 11.3 Å². The number of thiazole rings is 1. The zero-order valence-electron chi connectivity index (χ0n) is 13.6. The molecule has 128 valence electrons. The van der Waals surface area contributed by atoms with Gasteiger partial charge in [0.2, 0.25) is 5.76 Å². The highest BCUT2D eigenvalue weighted by Gasteiger charge is 2.22. The Kier molecular flexibility index (Phi) is 4.90. The molecule has 25 heavy (non-hydrogen) atoms. The Bertz CT molecular complexity index is 888. The molecule has 2 aromatic heterocycles. The van der Waals surface area contributed by atoms with E-state index in [4.69, 9.17) is 9.26 Å². The van der Waals surface area contributed by atoms with Crippen molar-refractivity contribution < 1.29 is 18.8 Å². The summed E-state index contributed by atoms with van der Waals surface area (Å²) in [6.45, 7) is 3.16. The number of benzene rings is 1. The fourth-order valence-corrected chi connectivity index (χ4v) is 2.73. The number of carbonyl (C=O) groups excluding carboxylic acids is 2. The molecule has 1 amide bonds. The van der Waals surface area contributed by atoms with Gasteiger partial charge in [0, 0.05) is 17.0 Å². The highest BCUT2D eigenvalue weighted by Crippen LogP contribution is 2.24. The highest BCUT2D eigenvalue weighted by atomic mass is 32.1. The average Bonchev–Trinajstić information content (AvgIpc) is 3.24. The van der Waals surface area contributed by atoms with Crippen LogP contribution in [0.4, 0.5) is 5.13 Å². The van der Waals surface area contributed by atoms with Crippen molar-refractivity contribution in [2.24, 2.45) is 0 Å². The number of hydrogen-bond donors (Lipinski definition) is 1. The van der Waals surface area contributed by atoms with E-state index in [1.54, 1.807) is 6.92 Å². The van der Waals surface area contributed by atoms with Crippen molar-refractivity contribution in [1.29, 1.82) is 0 Å². The molecule has 0 aliphatic carbocycles. The zero-order chi connectivity index (χ0) is 17.8. The quantitative estimate of drug-likeness (QED) is 0.704. The number of nitrogens with one attached hydrogen (secondary N) is 1. The van der Waals surface area contributed by atoms with Crippen LogP contribution in [-0.2, 0) is 9.53 Å². The second-order valence-corrected chi connectivity index (χ2v) is 6.13. The third-order valence-corrected chi connectivity index (χ3v) is 4.04. The van der Waals surface area contributed by atoms with Crippen LogP contribution in [0.3, 0.4) is 0 Å². The maximum Gasteiger partial charge on any atom is 0.377 e. The first-order valence-corrected chi connectivity index (χ1v) is 8.37. The molecular weight excluding hydrogens is 342 g/mol. The summed E-state index contributed by atoms with van der Waals surface area (Å²) >= 11 is 1.30. The van der Waals surface area contributed by atoms with Crippen LogP contribution in [0.25, 0.3) is 11.3 Å². The molecule has 1 aromatic carbocycles. The molecular formula is C17H15N3O4S. The molecule has 7 nitrogen and oxygen atoms in total. The fourth-order valence-electron chi connectivity index (χ4n) is 2.01. The van der Waals surface area contributed by atoms with E-state index in [0.29, 0.717) is 10.8 Å². The largest absolute Gasteiger partial charge is 0.447 e. The molecule has 0 bridgehead atoms. The van der Waals surface area contributed by atoms with Crippen LogP contribution in [0.5, 0.6) is 0 Å². The minimum Gasteiger partial charge on any atom is -0.447 e. The molecule has 8 heteroatoms. The van der Waals surface area contributed by atoms with Crippen molar-refractivity contribution in [3.8, 4) is 11.3 Å². The molecule has 1 unspecified atom stereocenters. The van der Waals surface area contributed by atoms with Gasteiger partial charge in [0.15, 0.2) is 11.2 Å². The number of rotatable bonds is 5. The summed E-state index contributed by atoms with van der Waals surface area (Å²) in [4.78, 5) is 28.4. The number of nitrogens with zero attached hydrogens (tertiary/aromatic N) is 2. The van der Waals surface area contributed by atoms with Gasteiger partial charge in [0.25, 0.3) is 5.91 Å². The third kappa shape index (κ3) is 4.10. The minimum absolute atomic E-state index is 0.0437. The standard InChI is InChI=1S/C17H15N3O4S/c1-10-8-14(24-20-10)16(22)23-11(2)15(21)19-17-18-13(9-25-17)12-6-4-3-5-7-12/h3-9,11H,1-2H3,(H,18,19,21). The summed E-state index contributed by atoms with van der Waals surface area (Å²) < 4.78 is 9.88. The highest BCUT2D eigenvalue weighted by molar-refractivity contribution is 7.14. The van der Waals surface area contributed by atoms with Gasteiger partial charge >= 0.3 is 5.97 Å². The van der Waals surface area contributed by atoms with Gasteiger partial charge in [0.1, 0.15) is 0 Å². The van der Waals surface area contributed by atoms with Gasteiger partial charge < -0.3 is 9.26 Å². The molecule has 3 aromatic rings. The summed E-state index contributed by atoms with van der Waals surface area (Å²) in [7, 11) is 0. The second kappa shape index (κ2) is 7.27. The van der Waals surface area contributed by atoms with Gasteiger partial charge in [-0.15, -0.1) is 11.3 Å². The Morgan fingerprint density at radius 2 is 2.04 bits per heavy atom. The van der Waals surface area contributed by atoms with Crippen molar-refractivity contribution in [3.05, 3.63) is 53.2 Å². The number of anilines is 1. The molecule has 0 spiro atoms. The number of esters is 1. The maximum atomic E-state index is 12.2. The lowest BCUT2D eigenvalue weighted by Gasteiger charge is -2.10. The van der Waals surface area contributed by atoms with Gasteiger partial charge in [0.05, 0.1) is 11.4 Å². The summed E-state index contributed by atoms with van der Waals surface area (Å²) in [5, 5.41) is 8.52. The summed E-state index contributed by atoms with van der Waals surface area (Å²) in [6, 6.07) is 11.1. The Balaban J connectivity index is 1.60. The van der Waals surface area contributed by atoms with E-state index in [1.165, 1.54) is 24.3 Å². The van der Waals surface area contributed by atoms with Crippen molar-refractivity contribution in [2.75, 3.05) is 5.32 Å². The molecule has 0 radical (unpaired) electrons. The van der Waals surface area contributed by atoms with E-state index in [1.807, 2.05) is 35.7 Å². The van der Waals surface area contributed by atoms with Gasteiger partial charge in [-0.1, -0.05) is 35.5 Å². The average molecular weight is 357 g/mol. The lowest BCUT2D eigenvalue weighted by Crippen LogP contribution is -2.29. The summed E-state index contributed by atoms with van der Waals surface area (Å²) in [5.41, 5.74) is 2.28. The van der Waals surface area contributed by atoms with Crippen LogP contribution in [-0.4, -0.2) is 28.1 Å². The lowest BCUT2D eigenvalue weighted by atomic mass is 10.2. The van der Waals surface area contributed by atoms with E-state index in [2.05, 4.69) is 15.5 Å². The predicted octanol–water partition coefficient (Wildman–Crippen LogP) is 3.29. The molecule has 3 rings (SSSR count). The van der Waals surface area contributed by atoms with E-state index in [9.17, 15) is 9.59 Å². The molecule has 0 saturated carbocycles. The smallest absolute Gasteiger partial charge is 0.377 e. The first-order valence-electron chi connectivity index (χ1n) is 7.49. The molecule has 1 N–H and O–H groups in total. The van der Waals surface area contributed by atoms with Gasteiger partial charge in [-0.05, 0) is 13.8 Å². The van der Waals surface area contributed by atoms with Crippen LogP contribution in [0, 0.1) is 6.92 Å². The first-order chi connectivity index (χ1) is 12.0. The first kappa shape index (κ1) is 16.8. The molecule has 2 heterocycles. The van der Waals surface area contributed by atoms with Crippen LogP contribution in [0.2, 0.25) is 0 Å². The summed E-state index contributed by atoms with van der Waals surface area (Å²) in [5.74, 6) is -1.26. The van der Waals surface area contributed by atoms with E-state index in [-0.39, 0.29) is 5.76 Å². The van der Waals surface area contributed by atoms with E-state index < -0.39 is 18.0 Å². The van der Waals surface area contributed by atoms with Crippen molar-refractivity contribution in [3.63, 3.8) is 0 Å². The molecule has 0 fully saturated rings. The van der Waals surface area contributed by atoms with Crippen LogP contribution >= 0.6 is 11.3 Å². The maximum absolute atomic E-state index is 12.2. The summed E-state index contributed by atoms with van der Waals surface area (Å²) in [6.07, 6.45) is -0.998. The van der Waals surface area contributed by atoms with Crippen molar-refractivity contribution in [1.82, 2.24) is 10.1 Å². The van der Waals surface area contributed by atoms with Gasteiger partial charge in [-0.25, -0.2) is 9.78 Å². The van der Waals surface area contributed by atoms with Crippen LogP contribution in [0.15, 0.2) is 46.3 Å². The van der Waals surface area contributed by atoms with Crippen molar-refractivity contribution in [2.45, 2.75) is 20.0 Å². The molecule has 1 atom stereocenters. The molecule has 0 aliphatic rings. The van der Waals surface area contributed by atoms with E-state index >= 15 is 0 Å². The third-order valence-electron chi connectivity index (χ3n) is 3.29. The number of hydrogen-bond acceptors (Lipinski definition) is 7. The minimum atomic E-state index is -0.998. The molecule has 0 aliphatic heterocycles. The second-order valence-electron chi connectivity index (χ2n) is 5.27. The zero-order valence-corrected chi connectivity index (χ0v) is 14.4. The molecule has 0 saturated heterocycles. The van der Waals surface area contributed by atoms with Gasteiger partial charge in [-0.2, -0.15) is 0 Å². The van der Waals surface area contributed by atoms with Gasteiger partial charge in [-0.3, -0.25) is 10.1 Å². The fraction of sp³-hybridized carbons (Fsp3) is 0.176. The Morgan fingerprint density at radius 1 is 1.28 bits per heavy atom. The number of ether oxygens (including phenoxy) is 1. The predicted molar refractivity (Wildman–Crippen MR) is 92.3 cm³/mol. The van der Waals surface area contributed by atoms with Crippen LogP contribution in [0.1, 0.15) is 23.2 Å². The number of aryl methyl sites for hydroxylation is 1. The monoisotopic (exact) mass is 357 g/mol. The number of carbonyl (C=O) groups is 2.